The normalized spacial score (nSPS) is 13.2. The SMILES string of the molecule is CCC(C)N(CCC(=O)Nc1ccc(Cl)c(Cl)c1)S(C)(=O)=O. The third-order valence-electron chi connectivity index (χ3n) is 3.27. The van der Waals surface area contributed by atoms with Crippen LogP contribution < -0.4 is 5.32 Å². The Kier molecular flexibility index (Phi) is 7.12. The van der Waals surface area contributed by atoms with E-state index in [1.165, 1.54) is 4.31 Å². The highest BCUT2D eigenvalue weighted by Crippen LogP contribution is 2.25. The molecule has 0 fully saturated rings. The fraction of sp³-hybridized carbons (Fsp3) is 0.500. The zero-order valence-electron chi connectivity index (χ0n) is 12.8. The van der Waals surface area contributed by atoms with Gasteiger partial charge in [0.05, 0.1) is 16.3 Å². The highest BCUT2D eigenvalue weighted by molar-refractivity contribution is 7.88. The van der Waals surface area contributed by atoms with Gasteiger partial charge in [-0.1, -0.05) is 30.1 Å². The minimum Gasteiger partial charge on any atom is -0.326 e. The van der Waals surface area contributed by atoms with E-state index in [9.17, 15) is 13.2 Å². The molecule has 0 aliphatic heterocycles. The summed E-state index contributed by atoms with van der Waals surface area (Å²) in [4.78, 5) is 11.9. The molecule has 0 aromatic heterocycles. The van der Waals surface area contributed by atoms with Crippen LogP contribution in [0.4, 0.5) is 5.69 Å². The summed E-state index contributed by atoms with van der Waals surface area (Å²) in [5, 5.41) is 3.42. The molecule has 1 amide bonds. The van der Waals surface area contributed by atoms with E-state index in [0.29, 0.717) is 22.2 Å². The van der Waals surface area contributed by atoms with E-state index in [2.05, 4.69) is 5.32 Å². The summed E-state index contributed by atoms with van der Waals surface area (Å²) in [6.07, 6.45) is 1.90. The smallest absolute Gasteiger partial charge is 0.225 e. The monoisotopic (exact) mass is 366 g/mol. The second-order valence-electron chi connectivity index (χ2n) is 5.06. The van der Waals surface area contributed by atoms with Gasteiger partial charge in [-0.05, 0) is 31.5 Å². The van der Waals surface area contributed by atoms with Gasteiger partial charge >= 0.3 is 0 Å². The molecule has 0 spiro atoms. The third-order valence-corrected chi connectivity index (χ3v) is 5.40. The van der Waals surface area contributed by atoms with Gasteiger partial charge in [0.15, 0.2) is 0 Å². The predicted octanol–water partition coefficient (Wildman–Crippen LogP) is 3.38. The van der Waals surface area contributed by atoms with Gasteiger partial charge in [-0.3, -0.25) is 4.79 Å². The summed E-state index contributed by atoms with van der Waals surface area (Å²) < 4.78 is 24.8. The summed E-state index contributed by atoms with van der Waals surface area (Å²) in [6, 6.07) is 4.62. The average Bonchev–Trinajstić information content (AvgIpc) is 2.41. The van der Waals surface area contributed by atoms with Gasteiger partial charge < -0.3 is 5.32 Å². The Labute approximate surface area is 141 Å². The van der Waals surface area contributed by atoms with Crippen LogP contribution in [0.3, 0.4) is 0 Å². The minimum absolute atomic E-state index is 0.0671. The number of nitrogens with one attached hydrogen (secondary N) is 1. The third kappa shape index (κ3) is 5.76. The van der Waals surface area contributed by atoms with E-state index in [1.54, 1.807) is 18.2 Å². The number of anilines is 1. The lowest BCUT2D eigenvalue weighted by Gasteiger charge is -2.25. The Morgan fingerprint density at radius 3 is 2.45 bits per heavy atom. The second-order valence-corrected chi connectivity index (χ2v) is 7.81. The maximum absolute atomic E-state index is 11.9. The molecular weight excluding hydrogens is 347 g/mol. The number of carbonyl (C=O) groups excluding carboxylic acids is 1. The number of sulfonamides is 1. The van der Waals surface area contributed by atoms with Crippen molar-refractivity contribution in [2.24, 2.45) is 0 Å². The van der Waals surface area contributed by atoms with E-state index in [4.69, 9.17) is 23.2 Å². The molecule has 0 saturated heterocycles. The van der Waals surface area contributed by atoms with Gasteiger partial charge in [0, 0.05) is 24.7 Å². The molecule has 0 bridgehead atoms. The van der Waals surface area contributed by atoms with Gasteiger partial charge in [0.1, 0.15) is 0 Å². The zero-order valence-corrected chi connectivity index (χ0v) is 15.1. The van der Waals surface area contributed by atoms with E-state index in [0.717, 1.165) is 6.26 Å². The van der Waals surface area contributed by atoms with Crippen LogP contribution in [-0.4, -0.2) is 37.5 Å². The Bertz CT molecular complexity index is 635. The molecule has 1 rings (SSSR count). The largest absolute Gasteiger partial charge is 0.326 e. The number of hydrogen-bond acceptors (Lipinski definition) is 3. The molecule has 0 heterocycles. The lowest BCUT2D eigenvalue weighted by Crippen LogP contribution is -2.39. The Balaban J connectivity index is 2.66. The standard InChI is InChI=1S/C14H20Cl2N2O3S/c1-4-10(2)18(22(3,20)21)8-7-14(19)17-11-5-6-12(15)13(16)9-11/h5-6,9-10H,4,7-8H2,1-3H3,(H,17,19). The molecular formula is C14H20Cl2N2O3S. The molecule has 124 valence electrons. The quantitative estimate of drug-likeness (QED) is 0.803. The molecule has 0 aliphatic carbocycles. The molecule has 1 atom stereocenters. The number of halogens is 2. The number of carbonyl (C=O) groups is 1. The maximum Gasteiger partial charge on any atom is 0.225 e. The Morgan fingerprint density at radius 2 is 1.95 bits per heavy atom. The van der Waals surface area contributed by atoms with Crippen molar-refractivity contribution < 1.29 is 13.2 Å². The van der Waals surface area contributed by atoms with Crippen molar-refractivity contribution in [3.63, 3.8) is 0 Å². The van der Waals surface area contributed by atoms with Crippen LogP contribution in [0.1, 0.15) is 26.7 Å². The van der Waals surface area contributed by atoms with Crippen molar-refractivity contribution in [2.45, 2.75) is 32.7 Å². The minimum atomic E-state index is -3.34. The van der Waals surface area contributed by atoms with Gasteiger partial charge in [-0.2, -0.15) is 4.31 Å². The molecule has 22 heavy (non-hydrogen) atoms. The molecule has 8 heteroatoms. The Hall–Kier alpha value is -0.820. The highest BCUT2D eigenvalue weighted by atomic mass is 35.5. The molecule has 1 unspecified atom stereocenters. The first-order valence-electron chi connectivity index (χ1n) is 6.86. The first kappa shape index (κ1) is 19.2. The van der Waals surface area contributed by atoms with E-state index in [-0.39, 0.29) is 24.9 Å². The number of nitrogens with zero attached hydrogens (tertiary/aromatic N) is 1. The summed E-state index contributed by atoms with van der Waals surface area (Å²) in [5.41, 5.74) is 0.522. The lowest BCUT2D eigenvalue weighted by molar-refractivity contribution is -0.116. The summed E-state index contributed by atoms with van der Waals surface area (Å²) in [6.45, 7) is 3.86. The van der Waals surface area contributed by atoms with E-state index >= 15 is 0 Å². The number of amides is 1. The maximum atomic E-state index is 11.9. The predicted molar refractivity (Wildman–Crippen MR) is 91.0 cm³/mol. The Morgan fingerprint density at radius 1 is 1.32 bits per heavy atom. The second kappa shape index (κ2) is 8.15. The van der Waals surface area contributed by atoms with Gasteiger partial charge in [-0.25, -0.2) is 8.42 Å². The van der Waals surface area contributed by atoms with Crippen LogP contribution >= 0.6 is 23.2 Å². The van der Waals surface area contributed by atoms with Crippen LogP contribution in [0.5, 0.6) is 0 Å². The highest BCUT2D eigenvalue weighted by Gasteiger charge is 2.22. The first-order chi connectivity index (χ1) is 10.1. The van der Waals surface area contributed by atoms with E-state index < -0.39 is 10.0 Å². The van der Waals surface area contributed by atoms with Crippen LogP contribution in [-0.2, 0) is 14.8 Å². The number of rotatable bonds is 7. The van der Waals surface area contributed by atoms with Crippen LogP contribution in [0, 0.1) is 0 Å². The van der Waals surface area contributed by atoms with Gasteiger partial charge in [-0.15, -0.1) is 0 Å². The average molecular weight is 367 g/mol. The summed E-state index contributed by atoms with van der Waals surface area (Å²) in [7, 11) is -3.34. The molecule has 1 aromatic rings. The lowest BCUT2D eigenvalue weighted by atomic mass is 10.2. The van der Waals surface area contributed by atoms with Crippen LogP contribution in [0.15, 0.2) is 18.2 Å². The van der Waals surface area contributed by atoms with Crippen molar-refractivity contribution in [1.29, 1.82) is 0 Å². The van der Waals surface area contributed by atoms with E-state index in [1.807, 2.05) is 13.8 Å². The van der Waals surface area contributed by atoms with Crippen LogP contribution in [0.25, 0.3) is 0 Å². The first-order valence-corrected chi connectivity index (χ1v) is 9.47. The number of benzene rings is 1. The van der Waals surface area contributed by atoms with Crippen molar-refractivity contribution in [2.75, 3.05) is 18.1 Å². The van der Waals surface area contributed by atoms with Crippen molar-refractivity contribution >= 4 is 44.8 Å². The van der Waals surface area contributed by atoms with Gasteiger partial charge in [0.25, 0.3) is 0 Å². The van der Waals surface area contributed by atoms with Crippen LogP contribution in [0.2, 0.25) is 10.0 Å². The molecule has 1 aromatic carbocycles. The summed E-state index contributed by atoms with van der Waals surface area (Å²) >= 11 is 11.7. The van der Waals surface area contributed by atoms with Crippen molar-refractivity contribution in [3.05, 3.63) is 28.2 Å². The topological polar surface area (TPSA) is 66.5 Å². The van der Waals surface area contributed by atoms with Crippen molar-refractivity contribution in [1.82, 2.24) is 4.31 Å². The number of hydrogen-bond donors (Lipinski definition) is 1. The zero-order chi connectivity index (χ0) is 16.9. The molecule has 5 nitrogen and oxygen atoms in total. The molecule has 0 radical (unpaired) electrons. The van der Waals surface area contributed by atoms with Crippen molar-refractivity contribution in [3.8, 4) is 0 Å². The molecule has 1 N–H and O–H groups in total. The van der Waals surface area contributed by atoms with Gasteiger partial charge in [0.2, 0.25) is 15.9 Å². The summed E-state index contributed by atoms with van der Waals surface area (Å²) in [5.74, 6) is -0.282. The fourth-order valence-electron chi connectivity index (χ4n) is 1.93. The molecule has 0 saturated carbocycles. The molecule has 0 aliphatic rings. The fourth-order valence-corrected chi connectivity index (χ4v) is 3.45.